The van der Waals surface area contributed by atoms with E-state index in [1.165, 1.54) is 0 Å². The summed E-state index contributed by atoms with van der Waals surface area (Å²) in [5.74, 6) is -0.676. The number of hydrogen-bond donors (Lipinski definition) is 1. The first-order chi connectivity index (χ1) is 10.6. The average molecular weight is 321 g/mol. The molecule has 22 heavy (non-hydrogen) atoms. The van der Waals surface area contributed by atoms with Crippen molar-refractivity contribution in [2.75, 3.05) is 5.75 Å². The SMILES string of the molecule is [2H]c1ccc(C=C2C(=O)C3(CS(=O)(=O)O)CCC2C3(C)C)cc1. The Balaban J connectivity index is 2.06. The van der Waals surface area contributed by atoms with Crippen LogP contribution >= 0.6 is 0 Å². The first-order valence-corrected chi connectivity index (χ1v) is 8.96. The Labute approximate surface area is 132 Å². The number of rotatable bonds is 3. The molecule has 2 unspecified atom stereocenters. The van der Waals surface area contributed by atoms with Crippen molar-refractivity contribution in [3.05, 3.63) is 41.4 Å². The van der Waals surface area contributed by atoms with Crippen LogP contribution in [0.1, 0.15) is 33.6 Å². The molecule has 0 spiro atoms. The molecule has 0 heterocycles. The third-order valence-electron chi connectivity index (χ3n) is 5.53. The zero-order chi connectivity index (χ0) is 17.0. The van der Waals surface area contributed by atoms with E-state index in [2.05, 4.69) is 0 Å². The van der Waals surface area contributed by atoms with Crippen molar-refractivity contribution < 1.29 is 19.1 Å². The number of carbonyl (C=O) groups is 1. The maximum absolute atomic E-state index is 13.0. The Hall–Kier alpha value is -1.46. The summed E-state index contributed by atoms with van der Waals surface area (Å²) in [4.78, 5) is 13.0. The van der Waals surface area contributed by atoms with Crippen LogP contribution in [0.2, 0.25) is 0 Å². The van der Waals surface area contributed by atoms with E-state index in [4.69, 9.17) is 1.37 Å². The second-order valence-electron chi connectivity index (χ2n) is 6.88. The van der Waals surface area contributed by atoms with Gasteiger partial charge in [0.1, 0.15) is 0 Å². The van der Waals surface area contributed by atoms with Crippen molar-refractivity contribution in [1.82, 2.24) is 0 Å². The third-order valence-corrected chi connectivity index (χ3v) is 6.39. The number of hydrogen-bond acceptors (Lipinski definition) is 3. The normalized spacial score (nSPS) is 32.5. The van der Waals surface area contributed by atoms with Crippen LogP contribution in [0.5, 0.6) is 0 Å². The molecule has 5 heteroatoms. The maximum Gasteiger partial charge on any atom is 0.265 e. The summed E-state index contributed by atoms with van der Waals surface area (Å²) in [5, 5.41) is 0. The molecule has 1 aromatic carbocycles. The van der Waals surface area contributed by atoms with E-state index in [0.717, 1.165) is 12.0 Å². The second kappa shape index (κ2) is 4.77. The summed E-state index contributed by atoms with van der Waals surface area (Å²) in [6.07, 6.45) is 3.04. The van der Waals surface area contributed by atoms with Gasteiger partial charge in [0.25, 0.3) is 10.1 Å². The third kappa shape index (κ3) is 2.15. The average Bonchev–Trinajstić information content (AvgIpc) is 2.74. The fourth-order valence-corrected chi connectivity index (χ4v) is 5.54. The van der Waals surface area contributed by atoms with E-state index in [-0.39, 0.29) is 11.7 Å². The van der Waals surface area contributed by atoms with Gasteiger partial charge < -0.3 is 0 Å². The van der Waals surface area contributed by atoms with Gasteiger partial charge in [0.2, 0.25) is 0 Å². The Morgan fingerprint density at radius 2 is 2.05 bits per heavy atom. The van der Waals surface area contributed by atoms with Gasteiger partial charge in [0.15, 0.2) is 5.78 Å². The Morgan fingerprint density at radius 3 is 2.64 bits per heavy atom. The van der Waals surface area contributed by atoms with Crippen LogP contribution in [-0.4, -0.2) is 24.5 Å². The molecule has 0 radical (unpaired) electrons. The molecule has 0 aromatic heterocycles. The number of allylic oxidation sites excluding steroid dienone is 1. The van der Waals surface area contributed by atoms with E-state index in [9.17, 15) is 17.8 Å². The van der Waals surface area contributed by atoms with E-state index >= 15 is 0 Å². The van der Waals surface area contributed by atoms with Gasteiger partial charge >= 0.3 is 0 Å². The number of fused-ring (bicyclic) bond motifs is 2. The fraction of sp³-hybridized carbons (Fsp3) is 0.471. The minimum atomic E-state index is -4.23. The highest BCUT2D eigenvalue weighted by Gasteiger charge is 2.67. The standard InChI is InChI=1S/C17H20O4S/c1-16(2)14-8-9-17(16,11-22(19,20)21)15(18)13(14)10-12-6-4-3-5-7-12/h3-7,10,14H,8-9,11H2,1-2H3,(H,19,20,21)/i3D. The minimum Gasteiger partial charge on any atom is -0.294 e. The van der Waals surface area contributed by atoms with Crippen molar-refractivity contribution in [2.24, 2.45) is 16.7 Å². The highest BCUT2D eigenvalue weighted by atomic mass is 32.2. The van der Waals surface area contributed by atoms with Crippen LogP contribution in [-0.2, 0) is 14.9 Å². The van der Waals surface area contributed by atoms with Gasteiger partial charge in [0.05, 0.1) is 12.5 Å². The van der Waals surface area contributed by atoms with Crippen molar-refractivity contribution in [3.8, 4) is 0 Å². The Bertz CT molecular complexity index is 792. The molecule has 0 aliphatic heterocycles. The number of ketones is 1. The predicted octanol–water partition coefficient (Wildman–Crippen LogP) is 2.96. The molecule has 1 aromatic rings. The van der Waals surface area contributed by atoms with E-state index < -0.39 is 26.7 Å². The molecule has 2 saturated carbocycles. The summed E-state index contributed by atoms with van der Waals surface area (Å²) in [6, 6.07) is 7.26. The summed E-state index contributed by atoms with van der Waals surface area (Å²) in [7, 11) is -4.23. The van der Waals surface area contributed by atoms with Crippen molar-refractivity contribution in [3.63, 3.8) is 0 Å². The summed E-state index contributed by atoms with van der Waals surface area (Å²) in [5.41, 5.74) is -0.0644. The minimum absolute atomic E-state index is 0.00701. The molecule has 2 bridgehead atoms. The molecule has 2 fully saturated rings. The molecule has 3 rings (SSSR count). The van der Waals surface area contributed by atoms with E-state index in [1.54, 1.807) is 30.3 Å². The zero-order valence-electron chi connectivity index (χ0n) is 13.7. The largest absolute Gasteiger partial charge is 0.294 e. The molecule has 0 saturated heterocycles. The van der Waals surface area contributed by atoms with E-state index in [0.29, 0.717) is 18.0 Å². The Morgan fingerprint density at radius 1 is 1.41 bits per heavy atom. The molecular weight excluding hydrogens is 300 g/mol. The molecule has 118 valence electrons. The maximum atomic E-state index is 13.0. The predicted molar refractivity (Wildman–Crippen MR) is 84.8 cm³/mol. The highest BCUT2D eigenvalue weighted by molar-refractivity contribution is 7.85. The monoisotopic (exact) mass is 321 g/mol. The van der Waals surface area contributed by atoms with Gasteiger partial charge in [-0.1, -0.05) is 44.2 Å². The summed E-state index contributed by atoms with van der Waals surface area (Å²) in [6.45, 7) is 3.84. The lowest BCUT2D eigenvalue weighted by Crippen LogP contribution is -2.42. The lowest BCUT2D eigenvalue weighted by atomic mass is 9.70. The van der Waals surface area contributed by atoms with Crippen molar-refractivity contribution in [2.45, 2.75) is 26.7 Å². The smallest absolute Gasteiger partial charge is 0.265 e. The zero-order valence-corrected chi connectivity index (χ0v) is 13.5. The molecule has 1 N–H and O–H groups in total. The first kappa shape index (κ1) is 14.2. The van der Waals surface area contributed by atoms with Gasteiger partial charge in [-0.25, -0.2) is 0 Å². The summed E-state index contributed by atoms with van der Waals surface area (Å²) < 4.78 is 39.8. The summed E-state index contributed by atoms with van der Waals surface area (Å²) >= 11 is 0. The lowest BCUT2D eigenvalue weighted by molar-refractivity contribution is -0.125. The van der Waals surface area contributed by atoms with Crippen LogP contribution in [0.15, 0.2) is 35.9 Å². The van der Waals surface area contributed by atoms with Crippen LogP contribution in [0.25, 0.3) is 6.08 Å². The van der Waals surface area contributed by atoms with Crippen LogP contribution < -0.4 is 0 Å². The number of carbonyl (C=O) groups excluding carboxylic acids is 1. The molecule has 2 aliphatic carbocycles. The van der Waals surface area contributed by atoms with Gasteiger partial charge in [0, 0.05) is 5.57 Å². The van der Waals surface area contributed by atoms with Crippen LogP contribution in [0.4, 0.5) is 0 Å². The molecule has 4 nitrogen and oxygen atoms in total. The van der Waals surface area contributed by atoms with Gasteiger partial charge in [-0.2, -0.15) is 8.42 Å². The van der Waals surface area contributed by atoms with Crippen molar-refractivity contribution >= 4 is 22.0 Å². The highest BCUT2D eigenvalue weighted by Crippen LogP contribution is 2.66. The van der Waals surface area contributed by atoms with Gasteiger partial charge in [-0.05, 0) is 35.8 Å². The van der Waals surface area contributed by atoms with E-state index in [1.807, 2.05) is 13.8 Å². The topological polar surface area (TPSA) is 71.4 Å². The number of Topliss-reactive ketones (excluding diaryl/α,β-unsaturated/α-hetero) is 1. The fourth-order valence-electron chi connectivity index (χ4n) is 4.27. The molecule has 2 atom stereocenters. The second-order valence-corrected chi connectivity index (χ2v) is 8.34. The van der Waals surface area contributed by atoms with Gasteiger partial charge in [-0.3, -0.25) is 9.35 Å². The molecule has 2 aliphatic rings. The van der Waals surface area contributed by atoms with Crippen LogP contribution in [0, 0.1) is 16.7 Å². The quantitative estimate of drug-likeness (QED) is 0.686. The molecular formula is C17H20O4S. The number of benzene rings is 1. The van der Waals surface area contributed by atoms with Crippen molar-refractivity contribution in [1.29, 1.82) is 0 Å². The molecule has 0 amide bonds. The lowest BCUT2D eigenvalue weighted by Gasteiger charge is -2.34. The van der Waals surface area contributed by atoms with Crippen LogP contribution in [0.3, 0.4) is 0 Å². The Kier molecular flexibility index (Phi) is 3.07. The van der Waals surface area contributed by atoms with Gasteiger partial charge in [-0.15, -0.1) is 0 Å². The first-order valence-electron chi connectivity index (χ1n) is 7.85.